The van der Waals surface area contributed by atoms with Gasteiger partial charge in [-0.2, -0.15) is 0 Å². The number of hydrogen-bond acceptors (Lipinski definition) is 9. The number of nitrogens with one attached hydrogen (secondary N) is 3. The maximum Gasteiger partial charge on any atom is 0.280 e. The molecule has 0 heterocycles. The molecule has 0 aliphatic heterocycles. The topological polar surface area (TPSA) is 142 Å². The molecule has 9 N–H and O–H groups in total. The van der Waals surface area contributed by atoms with E-state index in [0.29, 0.717) is 59.1 Å². The van der Waals surface area contributed by atoms with Crippen LogP contribution in [0.2, 0.25) is 0 Å². The smallest absolute Gasteiger partial charge is 0.280 e. The van der Waals surface area contributed by atoms with Gasteiger partial charge in [-0.3, -0.25) is 0 Å². The molecule has 0 rings (SSSR count). The van der Waals surface area contributed by atoms with Crippen molar-refractivity contribution in [3.8, 4) is 0 Å². The van der Waals surface area contributed by atoms with Crippen molar-refractivity contribution in [2.45, 2.75) is 12.9 Å². The van der Waals surface area contributed by atoms with Crippen LogP contribution in [0.3, 0.4) is 0 Å². The molecule has 0 aliphatic rings. The van der Waals surface area contributed by atoms with Crippen molar-refractivity contribution >= 4 is 0 Å². The summed E-state index contributed by atoms with van der Waals surface area (Å²) in [5.74, 6) is -1.07. The summed E-state index contributed by atoms with van der Waals surface area (Å²) in [6.07, 6.45) is 0. The maximum atomic E-state index is 5.74. The van der Waals surface area contributed by atoms with Crippen molar-refractivity contribution < 1.29 is 14.2 Å². The zero-order chi connectivity index (χ0) is 17.2. The Labute approximate surface area is 139 Å². The zero-order valence-electron chi connectivity index (χ0n) is 14.4. The summed E-state index contributed by atoms with van der Waals surface area (Å²) in [6, 6.07) is 0. The molecular formula is C14H36N6O3. The van der Waals surface area contributed by atoms with Crippen molar-refractivity contribution in [2.24, 2.45) is 17.2 Å². The third-order valence-electron chi connectivity index (χ3n) is 2.89. The van der Waals surface area contributed by atoms with Crippen LogP contribution < -0.4 is 33.2 Å². The lowest BCUT2D eigenvalue weighted by molar-refractivity contribution is -0.368. The van der Waals surface area contributed by atoms with Crippen molar-refractivity contribution in [1.82, 2.24) is 16.0 Å². The van der Waals surface area contributed by atoms with E-state index in [1.54, 1.807) is 6.92 Å². The SMILES string of the molecule is CC(OCCNCCN)(OCCNCCN)OCCNCCN. The van der Waals surface area contributed by atoms with Crippen LogP contribution in [0, 0.1) is 0 Å². The van der Waals surface area contributed by atoms with Crippen molar-refractivity contribution in [3.63, 3.8) is 0 Å². The lowest BCUT2D eigenvalue weighted by Crippen LogP contribution is -2.42. The average Bonchev–Trinajstić information content (AvgIpc) is 2.54. The summed E-state index contributed by atoms with van der Waals surface area (Å²) in [5, 5.41) is 9.49. The van der Waals surface area contributed by atoms with E-state index in [0.717, 1.165) is 19.6 Å². The number of nitrogens with two attached hydrogens (primary N) is 3. The summed E-state index contributed by atoms with van der Waals surface area (Å²) >= 11 is 0. The van der Waals surface area contributed by atoms with E-state index in [4.69, 9.17) is 31.4 Å². The summed E-state index contributed by atoms with van der Waals surface area (Å²) in [5.41, 5.74) is 16.3. The van der Waals surface area contributed by atoms with Crippen LogP contribution in [0.15, 0.2) is 0 Å². The molecule has 9 heteroatoms. The Hall–Kier alpha value is -0.360. The fourth-order valence-electron chi connectivity index (χ4n) is 1.73. The first-order valence-electron chi connectivity index (χ1n) is 8.32. The molecule has 0 saturated carbocycles. The summed E-state index contributed by atoms with van der Waals surface area (Å²) in [4.78, 5) is 0. The summed E-state index contributed by atoms with van der Waals surface area (Å²) < 4.78 is 17.2. The van der Waals surface area contributed by atoms with E-state index in [1.165, 1.54) is 0 Å². The van der Waals surface area contributed by atoms with Crippen molar-refractivity contribution in [3.05, 3.63) is 0 Å². The monoisotopic (exact) mass is 336 g/mol. The quantitative estimate of drug-likeness (QED) is 0.117. The molecule has 23 heavy (non-hydrogen) atoms. The minimum atomic E-state index is -1.07. The standard InChI is InChI=1S/C14H36N6O3/c1-14(21-11-8-18-5-2-15,22-12-9-19-6-3-16)23-13-10-20-7-4-17/h18-20H,2-13,15-17H2,1H3. The Bertz CT molecular complexity index is 213. The third kappa shape index (κ3) is 14.9. The molecule has 0 atom stereocenters. The van der Waals surface area contributed by atoms with Gasteiger partial charge in [-0.25, -0.2) is 0 Å². The van der Waals surface area contributed by atoms with Crippen LogP contribution in [0.1, 0.15) is 6.92 Å². The number of hydrogen-bond donors (Lipinski definition) is 6. The van der Waals surface area contributed by atoms with Crippen molar-refractivity contribution in [2.75, 3.05) is 78.7 Å². The van der Waals surface area contributed by atoms with Gasteiger partial charge in [-0.1, -0.05) is 0 Å². The molecule has 0 aromatic carbocycles. The van der Waals surface area contributed by atoms with E-state index in [2.05, 4.69) is 16.0 Å². The Kier molecular flexibility index (Phi) is 16.2. The third-order valence-corrected chi connectivity index (χ3v) is 2.89. The van der Waals surface area contributed by atoms with Gasteiger partial charge in [0.15, 0.2) is 0 Å². The first-order chi connectivity index (χ1) is 11.2. The fourth-order valence-corrected chi connectivity index (χ4v) is 1.73. The minimum absolute atomic E-state index is 0.475. The van der Waals surface area contributed by atoms with Gasteiger partial charge in [0, 0.05) is 65.8 Å². The first kappa shape index (κ1) is 22.6. The Balaban J connectivity index is 4.00. The van der Waals surface area contributed by atoms with E-state index < -0.39 is 5.97 Å². The summed E-state index contributed by atoms with van der Waals surface area (Å²) in [7, 11) is 0. The first-order valence-corrected chi connectivity index (χ1v) is 8.32. The zero-order valence-corrected chi connectivity index (χ0v) is 14.4. The average molecular weight is 336 g/mol. The van der Waals surface area contributed by atoms with Gasteiger partial charge in [-0.05, 0) is 0 Å². The fraction of sp³-hybridized carbons (Fsp3) is 1.00. The van der Waals surface area contributed by atoms with Crippen LogP contribution in [-0.2, 0) is 14.2 Å². The Morgan fingerprint density at radius 2 is 0.913 bits per heavy atom. The highest BCUT2D eigenvalue weighted by atomic mass is 16.9. The van der Waals surface area contributed by atoms with E-state index in [9.17, 15) is 0 Å². The molecule has 0 amide bonds. The van der Waals surface area contributed by atoms with Crippen LogP contribution in [0.4, 0.5) is 0 Å². The van der Waals surface area contributed by atoms with Gasteiger partial charge >= 0.3 is 0 Å². The predicted molar refractivity (Wildman–Crippen MR) is 92.0 cm³/mol. The minimum Gasteiger partial charge on any atom is -0.329 e. The van der Waals surface area contributed by atoms with Crippen LogP contribution >= 0.6 is 0 Å². The summed E-state index contributed by atoms with van der Waals surface area (Å²) in [6.45, 7) is 9.35. The molecule has 0 bridgehead atoms. The normalized spacial score (nSPS) is 12.0. The molecule has 0 aliphatic carbocycles. The molecule has 140 valence electrons. The second kappa shape index (κ2) is 16.5. The molecule has 0 spiro atoms. The van der Waals surface area contributed by atoms with Gasteiger partial charge in [0.2, 0.25) is 0 Å². The van der Waals surface area contributed by atoms with Crippen LogP contribution in [0.5, 0.6) is 0 Å². The van der Waals surface area contributed by atoms with E-state index >= 15 is 0 Å². The van der Waals surface area contributed by atoms with E-state index in [1.807, 2.05) is 0 Å². The Morgan fingerprint density at radius 1 is 0.609 bits per heavy atom. The lowest BCUT2D eigenvalue weighted by Gasteiger charge is -2.30. The van der Waals surface area contributed by atoms with Crippen LogP contribution in [-0.4, -0.2) is 84.7 Å². The van der Waals surface area contributed by atoms with Gasteiger partial charge in [0.1, 0.15) is 0 Å². The molecule has 0 saturated heterocycles. The maximum absolute atomic E-state index is 5.74. The molecule has 0 radical (unpaired) electrons. The van der Waals surface area contributed by atoms with Gasteiger partial charge in [0.25, 0.3) is 5.97 Å². The molecule has 0 fully saturated rings. The van der Waals surface area contributed by atoms with E-state index in [-0.39, 0.29) is 0 Å². The number of ether oxygens (including phenoxy) is 3. The Morgan fingerprint density at radius 3 is 1.17 bits per heavy atom. The second-order valence-corrected chi connectivity index (χ2v) is 5.02. The highest BCUT2D eigenvalue weighted by Crippen LogP contribution is 2.13. The molecular weight excluding hydrogens is 300 g/mol. The lowest BCUT2D eigenvalue weighted by atomic mass is 10.5. The van der Waals surface area contributed by atoms with Crippen LogP contribution in [0.25, 0.3) is 0 Å². The van der Waals surface area contributed by atoms with Gasteiger partial charge in [-0.15, -0.1) is 0 Å². The second-order valence-electron chi connectivity index (χ2n) is 5.02. The van der Waals surface area contributed by atoms with Crippen molar-refractivity contribution in [1.29, 1.82) is 0 Å². The highest BCUT2D eigenvalue weighted by Gasteiger charge is 2.26. The highest BCUT2D eigenvalue weighted by molar-refractivity contribution is 4.55. The largest absolute Gasteiger partial charge is 0.329 e. The van der Waals surface area contributed by atoms with Gasteiger partial charge < -0.3 is 47.4 Å². The predicted octanol–water partition coefficient (Wildman–Crippen LogP) is -2.65. The number of rotatable bonds is 18. The molecule has 0 unspecified atom stereocenters. The van der Waals surface area contributed by atoms with Gasteiger partial charge in [0.05, 0.1) is 19.8 Å². The molecule has 9 nitrogen and oxygen atoms in total. The molecule has 0 aromatic rings. The molecule has 0 aromatic heterocycles.